The molecule has 27 heavy (non-hydrogen) atoms. The molecule has 1 spiro atoms. The minimum absolute atomic E-state index is 0.110. The van der Waals surface area contributed by atoms with Gasteiger partial charge >= 0.3 is 5.97 Å². The summed E-state index contributed by atoms with van der Waals surface area (Å²) < 4.78 is 32.3. The molecule has 1 aliphatic carbocycles. The van der Waals surface area contributed by atoms with Crippen molar-refractivity contribution in [2.75, 3.05) is 26.7 Å². The summed E-state index contributed by atoms with van der Waals surface area (Å²) in [7, 11) is -2.27. The van der Waals surface area contributed by atoms with Gasteiger partial charge in [-0.2, -0.15) is 4.31 Å². The summed E-state index contributed by atoms with van der Waals surface area (Å²) >= 11 is 1.20. The molecule has 9 heteroatoms. The van der Waals surface area contributed by atoms with Crippen LogP contribution < -0.4 is 5.32 Å². The standard InChI is InChI=1S/C18H26N2O5S2/c1-25-15(21)7-10-19-17(22)14-12-20(13-18(14)8-3-2-4-9-18)27(23,24)16-6-5-11-26-16/h5-6,11,14H,2-4,7-10,12-13H2,1H3,(H,19,22)/t14-/m0/s1. The lowest BCUT2D eigenvalue weighted by Gasteiger charge is -2.37. The van der Waals surface area contributed by atoms with E-state index in [1.807, 2.05) is 0 Å². The lowest BCUT2D eigenvalue weighted by molar-refractivity contribution is -0.140. The molecule has 1 aromatic rings. The molecule has 1 aliphatic heterocycles. The van der Waals surface area contributed by atoms with Crippen molar-refractivity contribution >= 4 is 33.2 Å². The van der Waals surface area contributed by atoms with E-state index in [4.69, 9.17) is 0 Å². The molecule has 1 amide bonds. The van der Waals surface area contributed by atoms with E-state index in [9.17, 15) is 18.0 Å². The second-order valence-electron chi connectivity index (χ2n) is 7.32. The average molecular weight is 415 g/mol. The number of amides is 1. The van der Waals surface area contributed by atoms with Crippen LogP contribution in [0.4, 0.5) is 0 Å². The van der Waals surface area contributed by atoms with Crippen LogP contribution in [0.15, 0.2) is 21.7 Å². The molecule has 150 valence electrons. The van der Waals surface area contributed by atoms with E-state index in [2.05, 4.69) is 10.1 Å². The van der Waals surface area contributed by atoms with Crippen LogP contribution in [-0.4, -0.2) is 51.3 Å². The van der Waals surface area contributed by atoms with Gasteiger partial charge < -0.3 is 10.1 Å². The Bertz CT molecular complexity index is 770. The molecule has 1 saturated carbocycles. The predicted octanol–water partition coefficient (Wildman–Crippen LogP) is 2.00. The molecule has 2 aliphatic rings. The monoisotopic (exact) mass is 414 g/mol. The number of nitrogens with zero attached hydrogens (tertiary/aromatic N) is 1. The second-order valence-corrected chi connectivity index (χ2v) is 10.4. The Morgan fingerprint density at radius 3 is 2.70 bits per heavy atom. The first-order valence-electron chi connectivity index (χ1n) is 9.27. The van der Waals surface area contributed by atoms with Crippen LogP contribution in [0.2, 0.25) is 0 Å². The lowest BCUT2D eigenvalue weighted by atomic mass is 9.67. The van der Waals surface area contributed by atoms with E-state index in [1.54, 1.807) is 17.5 Å². The van der Waals surface area contributed by atoms with Crippen molar-refractivity contribution in [3.05, 3.63) is 17.5 Å². The third-order valence-electron chi connectivity index (χ3n) is 5.73. The summed E-state index contributed by atoms with van der Waals surface area (Å²) in [5.41, 5.74) is -0.308. The quantitative estimate of drug-likeness (QED) is 0.719. The molecule has 7 nitrogen and oxygen atoms in total. The van der Waals surface area contributed by atoms with Crippen molar-refractivity contribution in [3.63, 3.8) is 0 Å². The number of hydrogen-bond acceptors (Lipinski definition) is 6. The minimum atomic E-state index is -3.58. The Labute approximate surface area is 164 Å². The van der Waals surface area contributed by atoms with Gasteiger partial charge in [0, 0.05) is 19.6 Å². The van der Waals surface area contributed by atoms with E-state index in [-0.39, 0.29) is 42.7 Å². The van der Waals surface area contributed by atoms with Crippen molar-refractivity contribution in [1.82, 2.24) is 9.62 Å². The fraction of sp³-hybridized carbons (Fsp3) is 0.667. The van der Waals surface area contributed by atoms with E-state index in [0.29, 0.717) is 10.8 Å². The topological polar surface area (TPSA) is 92.8 Å². The Hall–Kier alpha value is -1.45. The number of hydrogen-bond donors (Lipinski definition) is 1. The first-order valence-corrected chi connectivity index (χ1v) is 11.6. The Balaban J connectivity index is 1.76. The SMILES string of the molecule is COC(=O)CCNC(=O)[C@@H]1CN(S(=O)(=O)c2cccs2)CC12CCCCC2. The minimum Gasteiger partial charge on any atom is -0.469 e. The first-order chi connectivity index (χ1) is 12.9. The maximum Gasteiger partial charge on any atom is 0.307 e. The fourth-order valence-corrected chi connectivity index (χ4v) is 6.98. The number of esters is 1. The zero-order valence-corrected chi connectivity index (χ0v) is 17.1. The molecular formula is C18H26N2O5S2. The third kappa shape index (κ3) is 4.20. The maximum atomic E-state index is 13.0. The molecule has 1 atom stereocenters. The van der Waals surface area contributed by atoms with Gasteiger partial charge in [-0.3, -0.25) is 9.59 Å². The van der Waals surface area contributed by atoms with E-state index >= 15 is 0 Å². The zero-order valence-electron chi connectivity index (χ0n) is 15.5. The van der Waals surface area contributed by atoms with Crippen molar-refractivity contribution < 1.29 is 22.7 Å². The molecule has 0 aromatic carbocycles. The molecule has 1 N–H and O–H groups in total. The van der Waals surface area contributed by atoms with Crippen LogP contribution in [0.25, 0.3) is 0 Å². The summed E-state index contributed by atoms with van der Waals surface area (Å²) in [6.07, 6.45) is 4.98. The number of carbonyl (C=O) groups excluding carboxylic acids is 2. The van der Waals surface area contributed by atoms with Gasteiger partial charge in [0.15, 0.2) is 0 Å². The molecule has 0 unspecified atom stereocenters. The highest BCUT2D eigenvalue weighted by atomic mass is 32.2. The highest BCUT2D eigenvalue weighted by molar-refractivity contribution is 7.91. The Morgan fingerprint density at radius 1 is 1.33 bits per heavy atom. The highest BCUT2D eigenvalue weighted by Gasteiger charge is 2.53. The van der Waals surface area contributed by atoms with Crippen molar-refractivity contribution in [3.8, 4) is 0 Å². The summed E-state index contributed by atoms with van der Waals surface area (Å²) in [4.78, 5) is 24.1. The number of methoxy groups -OCH3 is 1. The largest absolute Gasteiger partial charge is 0.469 e. The van der Waals surface area contributed by atoms with E-state index < -0.39 is 10.0 Å². The van der Waals surface area contributed by atoms with Crippen LogP contribution in [0.1, 0.15) is 38.5 Å². The molecule has 3 rings (SSSR count). The Morgan fingerprint density at radius 2 is 2.07 bits per heavy atom. The van der Waals surface area contributed by atoms with Crippen LogP contribution in [0.5, 0.6) is 0 Å². The molecular weight excluding hydrogens is 388 g/mol. The van der Waals surface area contributed by atoms with Gasteiger partial charge in [0.1, 0.15) is 4.21 Å². The smallest absolute Gasteiger partial charge is 0.307 e. The van der Waals surface area contributed by atoms with E-state index in [0.717, 1.165) is 32.1 Å². The molecule has 0 bridgehead atoms. The predicted molar refractivity (Wildman–Crippen MR) is 102 cm³/mol. The van der Waals surface area contributed by atoms with Crippen LogP contribution >= 0.6 is 11.3 Å². The number of sulfonamides is 1. The summed E-state index contributed by atoms with van der Waals surface area (Å²) in [5.74, 6) is -0.925. The molecule has 0 radical (unpaired) electrons. The second kappa shape index (κ2) is 8.28. The fourth-order valence-electron chi connectivity index (χ4n) is 4.28. The summed E-state index contributed by atoms with van der Waals surface area (Å²) in [5, 5.41) is 4.56. The molecule has 2 fully saturated rings. The summed E-state index contributed by atoms with van der Waals surface area (Å²) in [6, 6.07) is 3.33. The van der Waals surface area contributed by atoms with Gasteiger partial charge in [-0.25, -0.2) is 8.42 Å². The van der Waals surface area contributed by atoms with Gasteiger partial charge in [-0.1, -0.05) is 25.3 Å². The lowest BCUT2D eigenvalue weighted by Crippen LogP contribution is -2.43. The number of nitrogens with one attached hydrogen (secondary N) is 1. The van der Waals surface area contributed by atoms with Gasteiger partial charge in [-0.05, 0) is 29.7 Å². The highest BCUT2D eigenvalue weighted by Crippen LogP contribution is 2.49. The molecule has 2 heterocycles. The molecule has 1 aromatic heterocycles. The normalized spacial score (nSPS) is 22.6. The van der Waals surface area contributed by atoms with Crippen LogP contribution in [0.3, 0.4) is 0 Å². The third-order valence-corrected chi connectivity index (χ3v) is 8.91. The van der Waals surface area contributed by atoms with Crippen LogP contribution in [0, 0.1) is 11.3 Å². The van der Waals surface area contributed by atoms with Gasteiger partial charge in [0.25, 0.3) is 10.0 Å². The van der Waals surface area contributed by atoms with E-state index in [1.165, 1.54) is 22.8 Å². The van der Waals surface area contributed by atoms with Crippen molar-refractivity contribution in [2.45, 2.75) is 42.7 Å². The summed E-state index contributed by atoms with van der Waals surface area (Å²) in [6.45, 7) is 0.794. The Kier molecular flexibility index (Phi) is 6.22. The first kappa shape index (κ1) is 20.3. The van der Waals surface area contributed by atoms with Crippen LogP contribution in [-0.2, 0) is 24.3 Å². The van der Waals surface area contributed by atoms with Crippen molar-refractivity contribution in [2.24, 2.45) is 11.3 Å². The number of carbonyl (C=O) groups is 2. The van der Waals surface area contributed by atoms with Gasteiger partial charge in [0.2, 0.25) is 5.91 Å². The van der Waals surface area contributed by atoms with Gasteiger partial charge in [0.05, 0.1) is 19.4 Å². The number of thiophene rings is 1. The van der Waals surface area contributed by atoms with Gasteiger partial charge in [-0.15, -0.1) is 11.3 Å². The maximum absolute atomic E-state index is 13.0. The number of ether oxygens (including phenoxy) is 1. The zero-order chi connectivity index (χ0) is 19.5. The van der Waals surface area contributed by atoms with Crippen molar-refractivity contribution in [1.29, 1.82) is 0 Å². The molecule has 1 saturated heterocycles. The average Bonchev–Trinajstić information content (AvgIpc) is 3.31. The number of rotatable bonds is 6.